The highest BCUT2D eigenvalue weighted by atomic mass is 16.5. The standard InChI is InChI=1S/C27H30N4O3/c1-2-34-25-15-9-8-14-24(25)31-18-16-30(17-19-31)20-26(32)29-23-13-7-6-12-22(23)27(33)28-21-10-4-3-5-11-21/h3-15H,2,16-20H2,1H3,(H,28,33)(H,29,32). The fraction of sp³-hybridized carbons (Fsp3) is 0.259. The van der Waals surface area contributed by atoms with Gasteiger partial charge in [-0.05, 0) is 43.3 Å². The maximum atomic E-state index is 12.8. The number of rotatable bonds is 8. The zero-order valence-corrected chi connectivity index (χ0v) is 19.4. The highest BCUT2D eigenvalue weighted by molar-refractivity contribution is 6.10. The van der Waals surface area contributed by atoms with E-state index in [0.717, 1.165) is 37.6 Å². The molecule has 3 aromatic rings. The number of benzene rings is 3. The van der Waals surface area contributed by atoms with E-state index in [4.69, 9.17) is 4.74 Å². The molecule has 4 rings (SSSR count). The van der Waals surface area contributed by atoms with E-state index in [1.165, 1.54) is 0 Å². The van der Waals surface area contributed by atoms with Crippen LogP contribution in [0.15, 0.2) is 78.9 Å². The number of ether oxygens (including phenoxy) is 1. The third kappa shape index (κ3) is 5.94. The summed E-state index contributed by atoms with van der Waals surface area (Å²) in [5.41, 5.74) is 2.73. The third-order valence-electron chi connectivity index (χ3n) is 5.72. The molecule has 3 aromatic carbocycles. The number of piperazine rings is 1. The second-order valence-electron chi connectivity index (χ2n) is 8.08. The van der Waals surface area contributed by atoms with Gasteiger partial charge < -0.3 is 20.3 Å². The van der Waals surface area contributed by atoms with Crippen LogP contribution in [0.1, 0.15) is 17.3 Å². The lowest BCUT2D eigenvalue weighted by atomic mass is 10.1. The number of nitrogens with zero attached hydrogens (tertiary/aromatic N) is 2. The van der Waals surface area contributed by atoms with E-state index >= 15 is 0 Å². The molecule has 1 saturated heterocycles. The summed E-state index contributed by atoms with van der Waals surface area (Å²) >= 11 is 0. The maximum absolute atomic E-state index is 12.8. The first kappa shape index (κ1) is 23.3. The van der Waals surface area contributed by atoms with Gasteiger partial charge in [0.1, 0.15) is 5.75 Å². The van der Waals surface area contributed by atoms with Gasteiger partial charge in [-0.3, -0.25) is 14.5 Å². The molecule has 0 unspecified atom stereocenters. The molecule has 0 aromatic heterocycles. The highest BCUT2D eigenvalue weighted by Crippen LogP contribution is 2.28. The lowest BCUT2D eigenvalue weighted by Gasteiger charge is -2.36. The van der Waals surface area contributed by atoms with Crippen molar-refractivity contribution >= 4 is 28.9 Å². The van der Waals surface area contributed by atoms with Crippen molar-refractivity contribution in [3.05, 3.63) is 84.4 Å². The van der Waals surface area contributed by atoms with Crippen LogP contribution < -0.4 is 20.3 Å². The van der Waals surface area contributed by atoms with Crippen LogP contribution in [0, 0.1) is 0 Å². The molecule has 1 aliphatic heterocycles. The molecule has 2 amide bonds. The Kier molecular flexibility index (Phi) is 7.78. The molecule has 176 valence electrons. The van der Waals surface area contributed by atoms with Crippen molar-refractivity contribution in [3.8, 4) is 5.75 Å². The zero-order valence-electron chi connectivity index (χ0n) is 19.4. The Morgan fingerprint density at radius 1 is 0.824 bits per heavy atom. The first-order chi connectivity index (χ1) is 16.6. The highest BCUT2D eigenvalue weighted by Gasteiger charge is 2.22. The van der Waals surface area contributed by atoms with Gasteiger partial charge in [-0.1, -0.05) is 42.5 Å². The maximum Gasteiger partial charge on any atom is 0.257 e. The summed E-state index contributed by atoms with van der Waals surface area (Å²) < 4.78 is 5.76. The molecule has 1 heterocycles. The predicted molar refractivity (Wildman–Crippen MR) is 136 cm³/mol. The Morgan fingerprint density at radius 2 is 1.50 bits per heavy atom. The van der Waals surface area contributed by atoms with Gasteiger partial charge in [0.2, 0.25) is 5.91 Å². The van der Waals surface area contributed by atoms with E-state index in [2.05, 4.69) is 26.5 Å². The molecule has 1 fully saturated rings. The van der Waals surface area contributed by atoms with Gasteiger partial charge in [0.15, 0.2) is 0 Å². The number of para-hydroxylation sites is 4. The molecule has 0 saturated carbocycles. The summed E-state index contributed by atoms with van der Waals surface area (Å²) in [6, 6.07) is 24.4. The summed E-state index contributed by atoms with van der Waals surface area (Å²) in [4.78, 5) is 30.0. The number of hydrogen-bond donors (Lipinski definition) is 2. The number of hydrogen-bond acceptors (Lipinski definition) is 5. The SMILES string of the molecule is CCOc1ccccc1N1CCN(CC(=O)Nc2ccccc2C(=O)Nc2ccccc2)CC1. The summed E-state index contributed by atoms with van der Waals surface area (Å²) in [7, 11) is 0. The van der Waals surface area contributed by atoms with Crippen molar-refractivity contribution in [1.29, 1.82) is 0 Å². The molecular formula is C27H30N4O3. The van der Waals surface area contributed by atoms with E-state index in [1.807, 2.05) is 61.5 Å². The van der Waals surface area contributed by atoms with E-state index in [9.17, 15) is 9.59 Å². The van der Waals surface area contributed by atoms with Crippen molar-refractivity contribution < 1.29 is 14.3 Å². The minimum absolute atomic E-state index is 0.136. The number of anilines is 3. The Bertz CT molecular complexity index is 1110. The number of amides is 2. The summed E-state index contributed by atoms with van der Waals surface area (Å²) in [5, 5.41) is 5.79. The minimum Gasteiger partial charge on any atom is -0.492 e. The monoisotopic (exact) mass is 458 g/mol. The van der Waals surface area contributed by atoms with Crippen LogP contribution in [0.5, 0.6) is 5.75 Å². The van der Waals surface area contributed by atoms with Crippen molar-refractivity contribution in [2.24, 2.45) is 0 Å². The van der Waals surface area contributed by atoms with E-state index < -0.39 is 0 Å². The van der Waals surface area contributed by atoms with Gasteiger partial charge in [0, 0.05) is 31.9 Å². The average molecular weight is 459 g/mol. The van der Waals surface area contributed by atoms with Gasteiger partial charge in [-0.25, -0.2) is 0 Å². The number of carbonyl (C=O) groups excluding carboxylic acids is 2. The van der Waals surface area contributed by atoms with Crippen molar-refractivity contribution in [2.45, 2.75) is 6.92 Å². The zero-order chi connectivity index (χ0) is 23.8. The molecule has 0 bridgehead atoms. The van der Waals surface area contributed by atoms with Gasteiger partial charge in [-0.15, -0.1) is 0 Å². The molecular weight excluding hydrogens is 428 g/mol. The summed E-state index contributed by atoms with van der Waals surface area (Å²) in [6.45, 7) is 6.04. The van der Waals surface area contributed by atoms with Gasteiger partial charge >= 0.3 is 0 Å². The Morgan fingerprint density at radius 3 is 2.26 bits per heavy atom. The quantitative estimate of drug-likeness (QED) is 0.532. The fourth-order valence-electron chi connectivity index (χ4n) is 4.05. The molecule has 7 nitrogen and oxygen atoms in total. The van der Waals surface area contributed by atoms with Crippen LogP contribution >= 0.6 is 0 Å². The van der Waals surface area contributed by atoms with E-state index in [-0.39, 0.29) is 18.4 Å². The van der Waals surface area contributed by atoms with Gasteiger partial charge in [0.05, 0.1) is 30.1 Å². The first-order valence-corrected chi connectivity index (χ1v) is 11.6. The smallest absolute Gasteiger partial charge is 0.257 e. The van der Waals surface area contributed by atoms with Crippen molar-refractivity contribution in [3.63, 3.8) is 0 Å². The third-order valence-corrected chi connectivity index (χ3v) is 5.72. The van der Waals surface area contributed by atoms with Crippen molar-refractivity contribution in [2.75, 3.05) is 54.9 Å². The topological polar surface area (TPSA) is 73.9 Å². The average Bonchev–Trinajstić information content (AvgIpc) is 2.86. The molecule has 7 heteroatoms. The molecule has 34 heavy (non-hydrogen) atoms. The number of nitrogens with one attached hydrogen (secondary N) is 2. The normalized spacial score (nSPS) is 13.9. The lowest BCUT2D eigenvalue weighted by Crippen LogP contribution is -2.48. The molecule has 0 radical (unpaired) electrons. The van der Waals surface area contributed by atoms with Crippen LogP contribution in [-0.2, 0) is 4.79 Å². The number of carbonyl (C=O) groups is 2. The molecule has 0 aliphatic carbocycles. The van der Waals surface area contributed by atoms with E-state index in [0.29, 0.717) is 23.5 Å². The Hall–Kier alpha value is -3.84. The minimum atomic E-state index is -0.260. The van der Waals surface area contributed by atoms with Crippen LogP contribution in [0.3, 0.4) is 0 Å². The van der Waals surface area contributed by atoms with Gasteiger partial charge in [-0.2, -0.15) is 0 Å². The second kappa shape index (κ2) is 11.3. The molecule has 0 atom stereocenters. The Labute approximate surface area is 200 Å². The lowest BCUT2D eigenvalue weighted by molar-refractivity contribution is -0.117. The predicted octanol–water partition coefficient (Wildman–Crippen LogP) is 4.10. The van der Waals surface area contributed by atoms with Crippen molar-refractivity contribution in [1.82, 2.24) is 4.90 Å². The molecule has 1 aliphatic rings. The largest absolute Gasteiger partial charge is 0.492 e. The van der Waals surface area contributed by atoms with Crippen LogP contribution in [0.2, 0.25) is 0 Å². The van der Waals surface area contributed by atoms with Crippen LogP contribution in [0.4, 0.5) is 17.1 Å². The molecule has 0 spiro atoms. The Balaban J connectivity index is 1.33. The van der Waals surface area contributed by atoms with E-state index in [1.54, 1.807) is 18.2 Å². The second-order valence-corrected chi connectivity index (χ2v) is 8.08. The summed E-state index contributed by atoms with van der Waals surface area (Å²) in [6.07, 6.45) is 0. The van der Waals surface area contributed by atoms with Gasteiger partial charge in [0.25, 0.3) is 5.91 Å². The van der Waals surface area contributed by atoms with Crippen LogP contribution in [-0.4, -0.2) is 56.0 Å². The summed E-state index contributed by atoms with van der Waals surface area (Å²) in [5.74, 6) is 0.494. The fourth-order valence-corrected chi connectivity index (χ4v) is 4.05. The first-order valence-electron chi connectivity index (χ1n) is 11.6. The van der Waals surface area contributed by atoms with Crippen LogP contribution in [0.25, 0.3) is 0 Å². The molecule has 2 N–H and O–H groups in total.